The third-order valence-corrected chi connectivity index (χ3v) is 2.54. The molecule has 0 bridgehead atoms. The fourth-order valence-corrected chi connectivity index (χ4v) is 1.97. The van der Waals surface area contributed by atoms with E-state index in [1.54, 1.807) is 0 Å². The lowest BCUT2D eigenvalue weighted by Crippen LogP contribution is -2.45. The van der Waals surface area contributed by atoms with Gasteiger partial charge >= 0.3 is 0 Å². The van der Waals surface area contributed by atoms with E-state index in [4.69, 9.17) is 0 Å². The summed E-state index contributed by atoms with van der Waals surface area (Å²) in [6.07, 6.45) is 2.71. The van der Waals surface area contributed by atoms with Crippen LogP contribution in [0.2, 0.25) is 0 Å². The predicted octanol–water partition coefficient (Wildman–Crippen LogP) is 1.33. The molecule has 0 aromatic rings. The van der Waals surface area contributed by atoms with Crippen LogP contribution in [0, 0.1) is 5.92 Å². The van der Waals surface area contributed by atoms with Crippen LogP contribution in [0.1, 0.15) is 26.7 Å². The Morgan fingerprint density at radius 2 is 2.25 bits per heavy atom. The van der Waals surface area contributed by atoms with E-state index < -0.39 is 0 Å². The molecular formula is C10H22N2. The van der Waals surface area contributed by atoms with Gasteiger partial charge in [0, 0.05) is 19.1 Å². The fraction of sp³-hybridized carbons (Fsp3) is 1.00. The Labute approximate surface area is 76.3 Å². The van der Waals surface area contributed by atoms with E-state index in [9.17, 15) is 0 Å². The third-order valence-electron chi connectivity index (χ3n) is 2.54. The molecule has 72 valence electrons. The van der Waals surface area contributed by atoms with Crippen molar-refractivity contribution in [3.63, 3.8) is 0 Å². The smallest absolute Gasteiger partial charge is 0.0192 e. The minimum atomic E-state index is 0.734. The van der Waals surface area contributed by atoms with E-state index in [-0.39, 0.29) is 0 Å². The standard InChI is InChI=1S/C10H22N2/c1-9(2)7-12-6-4-5-10(8-12)11-3/h9-11H,4-8H2,1-3H3/t10-/m0/s1. The Balaban J connectivity index is 2.25. The van der Waals surface area contributed by atoms with Gasteiger partial charge in [-0.25, -0.2) is 0 Å². The lowest BCUT2D eigenvalue weighted by Gasteiger charge is -2.33. The van der Waals surface area contributed by atoms with E-state index in [1.807, 2.05) is 0 Å². The molecule has 0 aromatic carbocycles. The van der Waals surface area contributed by atoms with Crippen LogP contribution < -0.4 is 5.32 Å². The molecule has 2 heteroatoms. The largest absolute Gasteiger partial charge is 0.316 e. The van der Waals surface area contributed by atoms with Crippen molar-refractivity contribution in [2.75, 3.05) is 26.7 Å². The second kappa shape index (κ2) is 4.83. The average molecular weight is 170 g/mol. The van der Waals surface area contributed by atoms with Crippen LogP contribution >= 0.6 is 0 Å². The molecule has 12 heavy (non-hydrogen) atoms. The maximum absolute atomic E-state index is 3.37. The summed E-state index contributed by atoms with van der Waals surface area (Å²) >= 11 is 0. The second-order valence-electron chi connectivity index (χ2n) is 4.28. The molecule has 1 aliphatic rings. The molecule has 1 atom stereocenters. The van der Waals surface area contributed by atoms with Crippen molar-refractivity contribution in [3.05, 3.63) is 0 Å². The van der Waals surface area contributed by atoms with Crippen molar-refractivity contribution >= 4 is 0 Å². The topological polar surface area (TPSA) is 15.3 Å². The van der Waals surface area contributed by atoms with Crippen molar-refractivity contribution < 1.29 is 0 Å². The maximum Gasteiger partial charge on any atom is 0.0192 e. The number of hydrogen-bond acceptors (Lipinski definition) is 2. The Hall–Kier alpha value is -0.0800. The zero-order chi connectivity index (χ0) is 8.97. The molecule has 1 saturated heterocycles. The van der Waals surface area contributed by atoms with Gasteiger partial charge in [-0.05, 0) is 32.4 Å². The molecule has 0 unspecified atom stereocenters. The number of likely N-dealkylation sites (tertiary alicyclic amines) is 1. The number of hydrogen-bond donors (Lipinski definition) is 1. The van der Waals surface area contributed by atoms with Crippen LogP contribution in [-0.2, 0) is 0 Å². The monoisotopic (exact) mass is 170 g/mol. The molecule has 1 fully saturated rings. The van der Waals surface area contributed by atoms with E-state index in [1.165, 1.54) is 32.5 Å². The highest BCUT2D eigenvalue weighted by Crippen LogP contribution is 2.11. The first-order valence-corrected chi connectivity index (χ1v) is 5.12. The molecule has 1 aliphatic heterocycles. The molecule has 2 nitrogen and oxygen atoms in total. The summed E-state index contributed by atoms with van der Waals surface area (Å²) in [5, 5.41) is 3.37. The van der Waals surface area contributed by atoms with Crippen LogP contribution in [-0.4, -0.2) is 37.6 Å². The van der Waals surface area contributed by atoms with Crippen LogP contribution in [0.5, 0.6) is 0 Å². The summed E-state index contributed by atoms with van der Waals surface area (Å²) in [6, 6.07) is 0.734. The molecule has 0 aliphatic carbocycles. The SMILES string of the molecule is CN[C@H]1CCCN(CC(C)C)C1. The van der Waals surface area contributed by atoms with Crippen LogP contribution in [0.15, 0.2) is 0 Å². The van der Waals surface area contributed by atoms with E-state index in [2.05, 4.69) is 31.1 Å². The third kappa shape index (κ3) is 3.11. The predicted molar refractivity (Wildman–Crippen MR) is 53.4 cm³/mol. The van der Waals surface area contributed by atoms with Crippen LogP contribution in [0.25, 0.3) is 0 Å². The summed E-state index contributed by atoms with van der Waals surface area (Å²) in [7, 11) is 2.07. The summed E-state index contributed by atoms with van der Waals surface area (Å²) in [4.78, 5) is 2.58. The molecule has 0 radical (unpaired) electrons. The lowest BCUT2D eigenvalue weighted by molar-refractivity contribution is 0.177. The number of nitrogens with zero attached hydrogens (tertiary/aromatic N) is 1. The number of rotatable bonds is 3. The van der Waals surface area contributed by atoms with Gasteiger partial charge in [0.1, 0.15) is 0 Å². The number of nitrogens with one attached hydrogen (secondary N) is 1. The summed E-state index contributed by atoms with van der Waals surface area (Å²) in [6.45, 7) is 8.40. The average Bonchev–Trinajstić information content (AvgIpc) is 2.03. The summed E-state index contributed by atoms with van der Waals surface area (Å²) in [5.74, 6) is 0.806. The number of likely N-dealkylation sites (N-methyl/N-ethyl adjacent to an activating group) is 1. The molecule has 1 rings (SSSR count). The van der Waals surface area contributed by atoms with Crippen LogP contribution in [0.3, 0.4) is 0 Å². The van der Waals surface area contributed by atoms with Gasteiger partial charge in [-0.15, -0.1) is 0 Å². The molecule has 1 N–H and O–H groups in total. The van der Waals surface area contributed by atoms with Crippen molar-refractivity contribution in [2.45, 2.75) is 32.7 Å². The van der Waals surface area contributed by atoms with Gasteiger partial charge in [-0.3, -0.25) is 0 Å². The van der Waals surface area contributed by atoms with Crippen LogP contribution in [0.4, 0.5) is 0 Å². The van der Waals surface area contributed by atoms with Crippen molar-refractivity contribution in [2.24, 2.45) is 5.92 Å². The molecule has 1 heterocycles. The second-order valence-corrected chi connectivity index (χ2v) is 4.28. The molecule has 0 amide bonds. The lowest BCUT2D eigenvalue weighted by atomic mass is 10.0. The highest BCUT2D eigenvalue weighted by atomic mass is 15.2. The van der Waals surface area contributed by atoms with Gasteiger partial charge in [0.15, 0.2) is 0 Å². The first-order valence-electron chi connectivity index (χ1n) is 5.12. The molecule has 0 spiro atoms. The van der Waals surface area contributed by atoms with Crippen molar-refractivity contribution in [3.8, 4) is 0 Å². The van der Waals surface area contributed by atoms with E-state index in [0.29, 0.717) is 0 Å². The quantitative estimate of drug-likeness (QED) is 0.687. The first kappa shape index (κ1) is 10.0. The van der Waals surface area contributed by atoms with Gasteiger partial charge in [0.05, 0.1) is 0 Å². The fourth-order valence-electron chi connectivity index (χ4n) is 1.97. The minimum absolute atomic E-state index is 0.734. The first-order chi connectivity index (χ1) is 5.72. The number of piperidine rings is 1. The highest BCUT2D eigenvalue weighted by Gasteiger charge is 2.18. The summed E-state index contributed by atoms with van der Waals surface area (Å²) in [5.41, 5.74) is 0. The Bertz CT molecular complexity index is 123. The van der Waals surface area contributed by atoms with Gasteiger partial charge in [-0.2, -0.15) is 0 Å². The van der Waals surface area contributed by atoms with Gasteiger partial charge in [0.2, 0.25) is 0 Å². The van der Waals surface area contributed by atoms with E-state index in [0.717, 1.165) is 12.0 Å². The van der Waals surface area contributed by atoms with E-state index >= 15 is 0 Å². The Morgan fingerprint density at radius 3 is 2.83 bits per heavy atom. The minimum Gasteiger partial charge on any atom is -0.316 e. The normalized spacial score (nSPS) is 26.5. The van der Waals surface area contributed by atoms with Gasteiger partial charge in [0.25, 0.3) is 0 Å². The Morgan fingerprint density at radius 1 is 1.50 bits per heavy atom. The van der Waals surface area contributed by atoms with Crippen molar-refractivity contribution in [1.82, 2.24) is 10.2 Å². The van der Waals surface area contributed by atoms with Gasteiger partial charge in [-0.1, -0.05) is 13.8 Å². The zero-order valence-electron chi connectivity index (χ0n) is 8.64. The molecular weight excluding hydrogens is 148 g/mol. The van der Waals surface area contributed by atoms with Crippen molar-refractivity contribution in [1.29, 1.82) is 0 Å². The van der Waals surface area contributed by atoms with Gasteiger partial charge < -0.3 is 10.2 Å². The Kier molecular flexibility index (Phi) is 4.02. The molecule has 0 saturated carbocycles. The zero-order valence-corrected chi connectivity index (χ0v) is 8.64. The molecule has 0 aromatic heterocycles. The summed E-state index contributed by atoms with van der Waals surface area (Å²) < 4.78 is 0. The highest BCUT2D eigenvalue weighted by molar-refractivity contribution is 4.77. The maximum atomic E-state index is 3.37.